The van der Waals surface area contributed by atoms with Gasteiger partial charge in [-0.3, -0.25) is 9.69 Å². The van der Waals surface area contributed by atoms with Crippen LogP contribution in [0.5, 0.6) is 0 Å². The quantitative estimate of drug-likeness (QED) is 0.748. The summed E-state index contributed by atoms with van der Waals surface area (Å²) in [5.41, 5.74) is 0.816. The summed E-state index contributed by atoms with van der Waals surface area (Å²) in [5.74, 6) is 0.391. The fourth-order valence-electron chi connectivity index (χ4n) is 2.86. The van der Waals surface area contributed by atoms with E-state index < -0.39 is 29.3 Å². The van der Waals surface area contributed by atoms with Gasteiger partial charge in [-0.05, 0) is 18.2 Å². The molecular formula is C16H20FN3O4S. The molecule has 0 aromatic heterocycles. The highest BCUT2D eigenvalue weighted by atomic mass is 32.2. The average Bonchev–Trinajstić information content (AvgIpc) is 2.96. The Kier molecular flexibility index (Phi) is 5.05. The Morgan fingerprint density at radius 2 is 2.08 bits per heavy atom. The summed E-state index contributed by atoms with van der Waals surface area (Å²) >= 11 is -0.831. The molecule has 2 fully saturated rings. The Morgan fingerprint density at radius 1 is 1.40 bits per heavy atom. The maximum absolute atomic E-state index is 14.5. The van der Waals surface area contributed by atoms with Gasteiger partial charge in [-0.15, -0.1) is 0 Å². The minimum atomic E-state index is -0.831. The third-order valence-electron chi connectivity index (χ3n) is 4.49. The van der Waals surface area contributed by atoms with E-state index >= 15 is 0 Å². The lowest BCUT2D eigenvalue weighted by atomic mass is 10.2. The summed E-state index contributed by atoms with van der Waals surface area (Å²) in [7, 11) is 1.55. The molecule has 0 saturated carbocycles. The third-order valence-corrected chi connectivity index (χ3v) is 5.76. The van der Waals surface area contributed by atoms with Crippen LogP contribution in [-0.2, 0) is 20.7 Å². The normalized spacial score (nSPS) is 21.4. The minimum Gasteiger partial charge on any atom is -0.616 e. The van der Waals surface area contributed by atoms with Gasteiger partial charge in [0.15, 0.2) is 6.23 Å². The van der Waals surface area contributed by atoms with Gasteiger partial charge in [-0.1, -0.05) is 11.2 Å². The van der Waals surface area contributed by atoms with E-state index in [-0.39, 0.29) is 12.5 Å². The molecule has 2 aliphatic rings. The molecule has 2 heterocycles. The highest BCUT2D eigenvalue weighted by molar-refractivity contribution is 7.91. The molecule has 136 valence electrons. The molecule has 25 heavy (non-hydrogen) atoms. The molecular weight excluding hydrogens is 349 g/mol. The standard InChI is InChI=1S/C16H20FN3O4S/c1-11(21)18(2)15-10-20(16(22)24-15)12-3-4-14(13(17)9-12)19-5-7-25(23)8-6-19/h3-4,9,15H,5-8,10H2,1-2H3. The summed E-state index contributed by atoms with van der Waals surface area (Å²) < 4.78 is 31.1. The zero-order valence-electron chi connectivity index (χ0n) is 14.1. The Hall–Kier alpha value is -2.00. The van der Waals surface area contributed by atoms with E-state index in [0.29, 0.717) is 36.0 Å². The lowest BCUT2D eigenvalue weighted by Crippen LogP contribution is -2.40. The third kappa shape index (κ3) is 3.67. The van der Waals surface area contributed by atoms with Crippen LogP contribution < -0.4 is 9.80 Å². The monoisotopic (exact) mass is 369 g/mol. The van der Waals surface area contributed by atoms with Crippen LogP contribution in [0.2, 0.25) is 0 Å². The topological polar surface area (TPSA) is 76.2 Å². The number of rotatable bonds is 3. The number of benzene rings is 1. The molecule has 0 radical (unpaired) electrons. The second kappa shape index (κ2) is 7.09. The van der Waals surface area contributed by atoms with Gasteiger partial charge < -0.3 is 19.1 Å². The molecule has 1 atom stereocenters. The maximum atomic E-state index is 14.5. The van der Waals surface area contributed by atoms with Crippen LogP contribution >= 0.6 is 0 Å². The first kappa shape index (κ1) is 17.8. The number of nitrogens with zero attached hydrogens (tertiary/aromatic N) is 3. The van der Waals surface area contributed by atoms with Crippen molar-refractivity contribution in [3.63, 3.8) is 0 Å². The van der Waals surface area contributed by atoms with E-state index in [1.807, 2.05) is 4.90 Å². The highest BCUT2D eigenvalue weighted by Crippen LogP contribution is 2.29. The number of carbonyl (C=O) groups is 2. The molecule has 1 aromatic rings. The number of hydrogen-bond acceptors (Lipinski definition) is 5. The van der Waals surface area contributed by atoms with Crippen molar-refractivity contribution in [3.05, 3.63) is 24.0 Å². The van der Waals surface area contributed by atoms with E-state index in [1.54, 1.807) is 19.2 Å². The molecule has 0 N–H and O–H groups in total. The van der Waals surface area contributed by atoms with Crippen molar-refractivity contribution in [2.24, 2.45) is 0 Å². The second-order valence-corrected chi connectivity index (χ2v) is 7.75. The average molecular weight is 369 g/mol. The molecule has 0 bridgehead atoms. The van der Waals surface area contributed by atoms with E-state index in [2.05, 4.69) is 0 Å². The second-order valence-electron chi connectivity index (χ2n) is 6.05. The van der Waals surface area contributed by atoms with Crippen LogP contribution in [0, 0.1) is 5.82 Å². The zero-order valence-corrected chi connectivity index (χ0v) is 14.9. The molecule has 2 amide bonds. The number of ether oxygens (including phenoxy) is 1. The van der Waals surface area contributed by atoms with E-state index in [9.17, 15) is 18.5 Å². The first-order valence-electron chi connectivity index (χ1n) is 7.98. The Labute approximate surface area is 148 Å². The number of halogens is 1. The number of carbonyl (C=O) groups excluding carboxylic acids is 2. The van der Waals surface area contributed by atoms with Crippen LogP contribution in [0.1, 0.15) is 6.92 Å². The zero-order chi connectivity index (χ0) is 18.1. The van der Waals surface area contributed by atoms with Crippen molar-refractivity contribution >= 4 is 34.6 Å². The van der Waals surface area contributed by atoms with Crippen molar-refractivity contribution < 1.29 is 23.3 Å². The van der Waals surface area contributed by atoms with Gasteiger partial charge in [0.05, 0.1) is 31.0 Å². The number of likely N-dealkylation sites (N-methyl/N-ethyl adjacent to an activating group) is 1. The Balaban J connectivity index is 1.74. The summed E-state index contributed by atoms with van der Waals surface area (Å²) in [4.78, 5) is 27.9. The SMILES string of the molecule is CC(=O)N(C)C1CN(c2ccc(N3CC[S+]([O-])CC3)c(F)c2)C(=O)O1. The fourth-order valence-corrected chi connectivity index (χ4v) is 3.91. The Morgan fingerprint density at radius 3 is 2.68 bits per heavy atom. The van der Waals surface area contributed by atoms with Gasteiger partial charge in [0.2, 0.25) is 5.91 Å². The number of amides is 2. The van der Waals surface area contributed by atoms with E-state index in [0.717, 1.165) is 0 Å². The molecule has 7 nitrogen and oxygen atoms in total. The predicted octanol–water partition coefficient (Wildman–Crippen LogP) is 1.16. The van der Waals surface area contributed by atoms with Crippen LogP contribution in [0.3, 0.4) is 0 Å². The number of anilines is 2. The molecule has 9 heteroatoms. The molecule has 0 spiro atoms. The van der Waals surface area contributed by atoms with Crippen LogP contribution in [0.25, 0.3) is 0 Å². The summed E-state index contributed by atoms with van der Waals surface area (Å²) in [6.07, 6.45) is -1.30. The van der Waals surface area contributed by atoms with Gasteiger partial charge >= 0.3 is 6.09 Å². The lowest BCUT2D eigenvalue weighted by Gasteiger charge is -2.30. The van der Waals surface area contributed by atoms with Crippen LogP contribution in [-0.4, -0.2) is 65.9 Å². The van der Waals surface area contributed by atoms with Crippen molar-refractivity contribution in [2.45, 2.75) is 13.2 Å². The summed E-state index contributed by atoms with van der Waals surface area (Å²) in [6, 6.07) is 4.56. The molecule has 3 rings (SSSR count). The Bertz CT molecular complexity index is 681. The van der Waals surface area contributed by atoms with Gasteiger partial charge in [0.1, 0.15) is 17.3 Å². The predicted molar refractivity (Wildman–Crippen MR) is 92.5 cm³/mol. The van der Waals surface area contributed by atoms with E-state index in [4.69, 9.17) is 4.74 Å². The first-order valence-corrected chi connectivity index (χ1v) is 9.46. The molecule has 2 aliphatic heterocycles. The van der Waals surface area contributed by atoms with E-state index in [1.165, 1.54) is 22.8 Å². The van der Waals surface area contributed by atoms with Gasteiger partial charge in [-0.25, -0.2) is 9.18 Å². The maximum Gasteiger partial charge on any atom is 0.416 e. The van der Waals surface area contributed by atoms with Crippen molar-refractivity contribution in [1.82, 2.24) is 4.90 Å². The van der Waals surface area contributed by atoms with Gasteiger partial charge in [-0.2, -0.15) is 0 Å². The largest absolute Gasteiger partial charge is 0.616 e. The van der Waals surface area contributed by atoms with Crippen molar-refractivity contribution in [2.75, 3.05) is 48.0 Å². The minimum absolute atomic E-state index is 0.149. The van der Waals surface area contributed by atoms with Crippen LogP contribution in [0.15, 0.2) is 18.2 Å². The van der Waals surface area contributed by atoms with Crippen LogP contribution in [0.4, 0.5) is 20.6 Å². The van der Waals surface area contributed by atoms with Crippen molar-refractivity contribution in [1.29, 1.82) is 0 Å². The molecule has 2 saturated heterocycles. The fraction of sp³-hybridized carbons (Fsp3) is 0.500. The van der Waals surface area contributed by atoms with Crippen molar-refractivity contribution in [3.8, 4) is 0 Å². The summed E-state index contributed by atoms with van der Waals surface area (Å²) in [5, 5.41) is 0. The van der Waals surface area contributed by atoms with Gasteiger partial charge in [0.25, 0.3) is 0 Å². The molecule has 1 aromatic carbocycles. The first-order chi connectivity index (χ1) is 11.9. The smallest absolute Gasteiger partial charge is 0.416 e. The highest BCUT2D eigenvalue weighted by Gasteiger charge is 2.36. The molecule has 1 unspecified atom stereocenters. The van der Waals surface area contributed by atoms with Gasteiger partial charge in [0, 0.05) is 14.0 Å². The lowest BCUT2D eigenvalue weighted by molar-refractivity contribution is -0.134. The number of hydrogen-bond donors (Lipinski definition) is 0. The summed E-state index contributed by atoms with van der Waals surface area (Å²) in [6.45, 7) is 2.62. The molecule has 0 aliphatic carbocycles. The number of cyclic esters (lactones) is 1.